The fraction of sp³-hybridized carbons (Fsp3) is 0.533. The second-order valence-corrected chi connectivity index (χ2v) is 5.39. The van der Waals surface area contributed by atoms with Crippen LogP contribution in [0.1, 0.15) is 23.2 Å². The molecule has 2 heterocycles. The van der Waals surface area contributed by atoms with Crippen LogP contribution in [-0.4, -0.2) is 50.0 Å². The summed E-state index contributed by atoms with van der Waals surface area (Å²) in [6.07, 6.45) is 1.68. The number of hydrogen-bond acceptors (Lipinski definition) is 5. The molecular weight excluding hydrogens is 272 g/mol. The summed E-state index contributed by atoms with van der Waals surface area (Å²) in [4.78, 5) is 14.5. The number of ether oxygens (including phenoxy) is 3. The highest BCUT2D eigenvalue weighted by molar-refractivity contribution is 5.99. The van der Waals surface area contributed by atoms with Crippen molar-refractivity contribution in [2.45, 2.75) is 18.6 Å². The maximum Gasteiger partial charge on any atom is 0.256 e. The van der Waals surface area contributed by atoms with Crippen molar-refractivity contribution >= 4 is 11.6 Å². The molecule has 1 aromatic rings. The van der Waals surface area contributed by atoms with Gasteiger partial charge < -0.3 is 24.8 Å². The quantitative estimate of drug-likeness (QED) is 0.831. The maximum atomic E-state index is 12.7. The zero-order valence-corrected chi connectivity index (χ0v) is 12.1. The molecule has 0 unspecified atom stereocenters. The average molecular weight is 292 g/mol. The Kier molecular flexibility index (Phi) is 3.73. The molecule has 2 aliphatic heterocycles. The highest BCUT2D eigenvalue weighted by atomic mass is 16.7. The molecule has 0 bridgehead atoms. The van der Waals surface area contributed by atoms with E-state index in [-0.39, 0.29) is 5.91 Å². The Hall–Kier alpha value is -1.79. The van der Waals surface area contributed by atoms with Crippen molar-refractivity contribution in [1.82, 2.24) is 4.90 Å². The molecular formula is C15H20N2O4. The first-order valence-corrected chi connectivity index (χ1v) is 7.14. The van der Waals surface area contributed by atoms with Gasteiger partial charge in [-0.3, -0.25) is 4.79 Å². The summed E-state index contributed by atoms with van der Waals surface area (Å²) in [5, 5.41) is 0. The summed E-state index contributed by atoms with van der Waals surface area (Å²) < 4.78 is 16.6. The molecule has 2 fully saturated rings. The van der Waals surface area contributed by atoms with Crippen molar-refractivity contribution in [2.24, 2.45) is 0 Å². The molecule has 1 spiro atoms. The SMILES string of the molecule is COc1ccc(N)c(C(=O)N2CCCC3(C2)OCCO3)c1. The van der Waals surface area contributed by atoms with Crippen molar-refractivity contribution in [3.63, 3.8) is 0 Å². The average Bonchev–Trinajstić information content (AvgIpc) is 2.95. The van der Waals surface area contributed by atoms with Crippen LogP contribution in [0, 0.1) is 0 Å². The lowest BCUT2D eigenvalue weighted by Crippen LogP contribution is -2.51. The van der Waals surface area contributed by atoms with E-state index in [1.54, 1.807) is 30.2 Å². The number of nitrogen functional groups attached to an aromatic ring is 1. The second-order valence-electron chi connectivity index (χ2n) is 5.39. The molecule has 2 N–H and O–H groups in total. The van der Waals surface area contributed by atoms with Crippen LogP contribution in [0.15, 0.2) is 18.2 Å². The lowest BCUT2D eigenvalue weighted by atomic mass is 10.0. The molecule has 0 atom stereocenters. The van der Waals surface area contributed by atoms with Crippen LogP contribution in [0.5, 0.6) is 5.75 Å². The third-order valence-corrected chi connectivity index (χ3v) is 4.01. The summed E-state index contributed by atoms with van der Waals surface area (Å²) in [5.41, 5.74) is 6.85. The predicted molar refractivity (Wildman–Crippen MR) is 77.2 cm³/mol. The van der Waals surface area contributed by atoms with Gasteiger partial charge in [-0.05, 0) is 24.6 Å². The number of likely N-dealkylation sites (tertiary alicyclic amines) is 1. The lowest BCUT2D eigenvalue weighted by Gasteiger charge is -2.38. The molecule has 2 saturated heterocycles. The molecule has 3 rings (SSSR count). The van der Waals surface area contributed by atoms with E-state index < -0.39 is 5.79 Å². The first-order chi connectivity index (χ1) is 10.1. The van der Waals surface area contributed by atoms with E-state index in [9.17, 15) is 4.79 Å². The number of anilines is 1. The molecule has 0 saturated carbocycles. The molecule has 0 radical (unpaired) electrons. The molecule has 1 aromatic carbocycles. The highest BCUT2D eigenvalue weighted by Crippen LogP contribution is 2.31. The minimum absolute atomic E-state index is 0.107. The Morgan fingerprint density at radius 2 is 2.14 bits per heavy atom. The van der Waals surface area contributed by atoms with Crippen LogP contribution in [0.25, 0.3) is 0 Å². The van der Waals surface area contributed by atoms with E-state index >= 15 is 0 Å². The Morgan fingerprint density at radius 1 is 1.38 bits per heavy atom. The molecule has 21 heavy (non-hydrogen) atoms. The van der Waals surface area contributed by atoms with Crippen LogP contribution < -0.4 is 10.5 Å². The highest BCUT2D eigenvalue weighted by Gasteiger charge is 2.42. The number of carbonyl (C=O) groups is 1. The number of hydrogen-bond donors (Lipinski definition) is 1. The largest absolute Gasteiger partial charge is 0.497 e. The molecule has 114 valence electrons. The molecule has 0 aliphatic carbocycles. The standard InChI is InChI=1S/C15H20N2O4/c1-19-11-3-4-13(16)12(9-11)14(18)17-6-2-5-15(10-17)20-7-8-21-15/h3-4,9H,2,5-8,10,16H2,1H3. The first kappa shape index (κ1) is 14.2. The topological polar surface area (TPSA) is 74.0 Å². The van der Waals surface area contributed by atoms with Gasteiger partial charge in [0, 0.05) is 18.7 Å². The minimum Gasteiger partial charge on any atom is -0.497 e. The zero-order valence-electron chi connectivity index (χ0n) is 12.1. The Balaban J connectivity index is 1.81. The lowest BCUT2D eigenvalue weighted by molar-refractivity contribution is -0.183. The Morgan fingerprint density at radius 3 is 2.86 bits per heavy atom. The normalized spacial score (nSPS) is 20.7. The summed E-state index contributed by atoms with van der Waals surface area (Å²) in [6.45, 7) is 2.30. The zero-order chi connectivity index (χ0) is 14.9. The van der Waals surface area contributed by atoms with E-state index in [0.29, 0.717) is 43.3 Å². The maximum absolute atomic E-state index is 12.7. The van der Waals surface area contributed by atoms with Crippen LogP contribution in [0.3, 0.4) is 0 Å². The van der Waals surface area contributed by atoms with E-state index in [4.69, 9.17) is 19.9 Å². The number of carbonyl (C=O) groups excluding carboxylic acids is 1. The third-order valence-electron chi connectivity index (χ3n) is 4.01. The van der Waals surface area contributed by atoms with Gasteiger partial charge in [-0.2, -0.15) is 0 Å². The molecule has 6 heteroatoms. The third kappa shape index (κ3) is 2.69. The van der Waals surface area contributed by atoms with E-state index in [1.165, 1.54) is 0 Å². The van der Waals surface area contributed by atoms with Gasteiger partial charge >= 0.3 is 0 Å². The van der Waals surface area contributed by atoms with Gasteiger partial charge in [-0.1, -0.05) is 0 Å². The van der Waals surface area contributed by atoms with Crippen molar-refractivity contribution in [3.05, 3.63) is 23.8 Å². The van der Waals surface area contributed by atoms with Crippen LogP contribution in [0.4, 0.5) is 5.69 Å². The van der Waals surface area contributed by atoms with Crippen molar-refractivity contribution in [2.75, 3.05) is 39.1 Å². The number of benzene rings is 1. The molecule has 1 amide bonds. The monoisotopic (exact) mass is 292 g/mol. The van der Waals surface area contributed by atoms with Crippen molar-refractivity contribution < 1.29 is 19.0 Å². The van der Waals surface area contributed by atoms with Crippen LogP contribution in [-0.2, 0) is 9.47 Å². The van der Waals surface area contributed by atoms with Gasteiger partial charge in [0.2, 0.25) is 0 Å². The number of amides is 1. The summed E-state index contributed by atoms with van der Waals surface area (Å²) in [6, 6.07) is 5.11. The molecule has 0 aromatic heterocycles. The number of nitrogens with two attached hydrogens (primary N) is 1. The van der Waals surface area contributed by atoms with E-state index in [0.717, 1.165) is 12.8 Å². The van der Waals surface area contributed by atoms with Gasteiger partial charge in [-0.25, -0.2) is 0 Å². The van der Waals surface area contributed by atoms with Gasteiger partial charge in [-0.15, -0.1) is 0 Å². The Labute approximate surface area is 123 Å². The van der Waals surface area contributed by atoms with Gasteiger partial charge in [0.1, 0.15) is 5.75 Å². The van der Waals surface area contributed by atoms with Crippen LogP contribution >= 0.6 is 0 Å². The van der Waals surface area contributed by atoms with Crippen molar-refractivity contribution in [1.29, 1.82) is 0 Å². The summed E-state index contributed by atoms with van der Waals surface area (Å²) in [5.74, 6) is -0.112. The summed E-state index contributed by atoms with van der Waals surface area (Å²) in [7, 11) is 1.57. The smallest absolute Gasteiger partial charge is 0.256 e. The Bertz CT molecular complexity index is 540. The van der Waals surface area contributed by atoms with E-state index in [2.05, 4.69) is 0 Å². The van der Waals surface area contributed by atoms with E-state index in [1.807, 2.05) is 0 Å². The van der Waals surface area contributed by atoms with Crippen molar-refractivity contribution in [3.8, 4) is 5.75 Å². The second kappa shape index (κ2) is 5.54. The fourth-order valence-corrected chi connectivity index (χ4v) is 2.91. The number of methoxy groups -OCH3 is 1. The molecule has 6 nitrogen and oxygen atoms in total. The molecule has 2 aliphatic rings. The number of rotatable bonds is 2. The van der Waals surface area contributed by atoms with Crippen LogP contribution in [0.2, 0.25) is 0 Å². The predicted octanol–water partition coefficient (Wildman–Crippen LogP) is 1.26. The number of nitrogens with zero attached hydrogens (tertiary/aromatic N) is 1. The summed E-state index contributed by atoms with van der Waals surface area (Å²) >= 11 is 0. The van der Waals surface area contributed by atoms with Gasteiger partial charge in [0.25, 0.3) is 5.91 Å². The first-order valence-electron chi connectivity index (χ1n) is 7.14. The fourth-order valence-electron chi connectivity index (χ4n) is 2.91. The van der Waals surface area contributed by atoms with Gasteiger partial charge in [0.05, 0.1) is 32.4 Å². The van der Waals surface area contributed by atoms with Gasteiger partial charge in [0.15, 0.2) is 5.79 Å². The number of piperidine rings is 1. The minimum atomic E-state index is -0.623.